The number of aryl methyl sites for hydroxylation is 1. The Morgan fingerprint density at radius 3 is 2.39 bits per heavy atom. The molecule has 1 fully saturated rings. The summed E-state index contributed by atoms with van der Waals surface area (Å²) < 4.78 is 42.9. The molecule has 1 aliphatic heterocycles. The van der Waals surface area contributed by atoms with Crippen LogP contribution in [0.25, 0.3) is 11.1 Å². The fourth-order valence-corrected chi connectivity index (χ4v) is 5.05. The van der Waals surface area contributed by atoms with Crippen LogP contribution in [-0.2, 0) is 21.9 Å². The Morgan fingerprint density at radius 1 is 1.21 bits per heavy atom. The Balaban J connectivity index is 2.08. The Kier molecular flexibility index (Phi) is 5.35. The van der Waals surface area contributed by atoms with Crippen LogP contribution in [0.2, 0.25) is 5.02 Å². The van der Waals surface area contributed by atoms with Gasteiger partial charge in [-0.2, -0.15) is 4.31 Å². The number of aliphatic carboxylic acids is 1. The quantitative estimate of drug-likeness (QED) is 0.805. The molecule has 0 saturated carbocycles. The van der Waals surface area contributed by atoms with Crippen LogP contribution in [0.5, 0.6) is 0 Å². The number of carboxylic acid groups (broad SMARTS) is 1. The van der Waals surface area contributed by atoms with Crippen LogP contribution < -0.4 is 5.56 Å². The molecule has 1 aromatic heterocycles. The summed E-state index contributed by atoms with van der Waals surface area (Å²) in [4.78, 5) is 23.1. The van der Waals surface area contributed by atoms with Gasteiger partial charge in [0.1, 0.15) is 4.90 Å². The monoisotopic (exact) mass is 428 g/mol. The van der Waals surface area contributed by atoms with E-state index in [-0.39, 0.29) is 28.6 Å². The molecule has 3 rings (SSSR count). The minimum Gasteiger partial charge on any atom is -0.479 e. The number of pyridine rings is 1. The number of carbonyl (C=O) groups is 1. The Hall–Kier alpha value is -2.23. The van der Waals surface area contributed by atoms with E-state index >= 15 is 0 Å². The molecule has 1 aliphatic rings. The van der Waals surface area contributed by atoms with Crippen molar-refractivity contribution in [3.8, 4) is 11.1 Å². The van der Waals surface area contributed by atoms with Crippen molar-refractivity contribution >= 4 is 27.6 Å². The standard InChI is InChI=1S/C18H18ClFN2O5S/c1-21-11-15(13(10-16(21)23)12-4-2-3-5-14(12)19)28(26,27)22-8-6-18(20,7-9-22)17(24)25/h2-5,10-11H,6-9H2,1H3,(H,24,25). The largest absolute Gasteiger partial charge is 0.479 e. The Morgan fingerprint density at radius 2 is 1.82 bits per heavy atom. The van der Waals surface area contributed by atoms with E-state index < -0.39 is 40.1 Å². The number of benzene rings is 1. The second-order valence-corrected chi connectivity index (χ2v) is 8.97. The number of rotatable bonds is 4. The van der Waals surface area contributed by atoms with Gasteiger partial charge < -0.3 is 9.67 Å². The van der Waals surface area contributed by atoms with E-state index in [0.717, 1.165) is 8.87 Å². The van der Waals surface area contributed by atoms with Gasteiger partial charge in [0, 0.05) is 61.4 Å². The first-order valence-corrected chi connectivity index (χ1v) is 10.3. The van der Waals surface area contributed by atoms with Crippen LogP contribution in [0.1, 0.15) is 12.8 Å². The predicted octanol–water partition coefficient (Wildman–Crippen LogP) is 2.28. The molecule has 0 amide bonds. The highest BCUT2D eigenvalue weighted by molar-refractivity contribution is 7.89. The van der Waals surface area contributed by atoms with Gasteiger partial charge in [-0.25, -0.2) is 17.6 Å². The highest BCUT2D eigenvalue weighted by Gasteiger charge is 2.44. The van der Waals surface area contributed by atoms with Gasteiger partial charge in [0.15, 0.2) is 0 Å². The molecule has 1 saturated heterocycles. The molecular weight excluding hydrogens is 411 g/mol. The second kappa shape index (κ2) is 7.31. The summed E-state index contributed by atoms with van der Waals surface area (Å²) >= 11 is 6.20. The van der Waals surface area contributed by atoms with Crippen molar-refractivity contribution in [2.45, 2.75) is 23.4 Å². The smallest absolute Gasteiger partial charge is 0.341 e. The number of halogens is 2. The minimum atomic E-state index is -4.12. The number of sulfonamides is 1. The fourth-order valence-electron chi connectivity index (χ4n) is 3.14. The molecule has 10 heteroatoms. The summed E-state index contributed by atoms with van der Waals surface area (Å²) in [5.74, 6) is -1.59. The number of carboxylic acids is 1. The number of alkyl halides is 1. The average molecular weight is 429 g/mol. The van der Waals surface area contributed by atoms with Gasteiger partial charge in [0.05, 0.1) is 0 Å². The van der Waals surface area contributed by atoms with Crippen molar-refractivity contribution in [3.63, 3.8) is 0 Å². The molecule has 28 heavy (non-hydrogen) atoms. The SMILES string of the molecule is Cn1cc(S(=O)(=O)N2CCC(F)(C(=O)O)CC2)c(-c2ccccc2Cl)cc1=O. The molecule has 0 aliphatic carbocycles. The number of aromatic nitrogens is 1. The van der Waals surface area contributed by atoms with E-state index in [1.807, 2.05) is 0 Å². The van der Waals surface area contributed by atoms with Gasteiger partial charge in [-0.1, -0.05) is 29.8 Å². The van der Waals surface area contributed by atoms with Gasteiger partial charge in [0.25, 0.3) is 5.56 Å². The molecule has 1 N–H and O–H groups in total. The van der Waals surface area contributed by atoms with Crippen molar-refractivity contribution in [2.75, 3.05) is 13.1 Å². The molecular formula is C18H18ClFN2O5S. The third-order valence-electron chi connectivity index (χ3n) is 4.87. The van der Waals surface area contributed by atoms with Crippen molar-refractivity contribution in [1.82, 2.24) is 8.87 Å². The van der Waals surface area contributed by atoms with Crippen LogP contribution in [0.4, 0.5) is 4.39 Å². The van der Waals surface area contributed by atoms with E-state index in [1.165, 1.54) is 19.3 Å². The predicted molar refractivity (Wildman–Crippen MR) is 102 cm³/mol. The second-order valence-electron chi connectivity index (χ2n) is 6.65. The molecule has 7 nitrogen and oxygen atoms in total. The zero-order valence-corrected chi connectivity index (χ0v) is 16.5. The minimum absolute atomic E-state index is 0.143. The summed E-state index contributed by atoms with van der Waals surface area (Å²) in [5.41, 5.74) is -2.34. The summed E-state index contributed by atoms with van der Waals surface area (Å²) in [5, 5.41) is 9.28. The number of piperidine rings is 1. The maximum absolute atomic E-state index is 14.3. The first-order valence-electron chi connectivity index (χ1n) is 8.44. The van der Waals surface area contributed by atoms with Gasteiger partial charge in [-0.3, -0.25) is 4.79 Å². The molecule has 0 spiro atoms. The Bertz CT molecular complexity index is 1090. The van der Waals surface area contributed by atoms with E-state index in [1.54, 1.807) is 24.3 Å². The molecule has 0 bridgehead atoms. The lowest BCUT2D eigenvalue weighted by Crippen LogP contribution is -2.48. The first kappa shape index (κ1) is 20.5. The topological polar surface area (TPSA) is 96.7 Å². The molecule has 0 radical (unpaired) electrons. The van der Waals surface area contributed by atoms with Crippen LogP contribution in [-0.4, -0.2) is 47.1 Å². The van der Waals surface area contributed by atoms with Crippen LogP contribution in [0.15, 0.2) is 46.2 Å². The average Bonchev–Trinajstić information content (AvgIpc) is 2.64. The van der Waals surface area contributed by atoms with E-state index in [9.17, 15) is 22.4 Å². The van der Waals surface area contributed by atoms with Gasteiger partial charge in [0.2, 0.25) is 15.7 Å². The van der Waals surface area contributed by atoms with Gasteiger partial charge >= 0.3 is 5.97 Å². The van der Waals surface area contributed by atoms with Crippen molar-refractivity contribution in [2.24, 2.45) is 7.05 Å². The van der Waals surface area contributed by atoms with Crippen molar-refractivity contribution in [3.05, 3.63) is 51.9 Å². The lowest BCUT2D eigenvalue weighted by Gasteiger charge is -2.33. The number of hydrogen-bond acceptors (Lipinski definition) is 4. The normalized spacial score (nSPS) is 17.4. The zero-order valence-electron chi connectivity index (χ0n) is 14.9. The third-order valence-corrected chi connectivity index (χ3v) is 7.13. The summed E-state index contributed by atoms with van der Waals surface area (Å²) in [6.45, 7) is -0.564. The number of nitrogens with zero attached hydrogens (tertiary/aromatic N) is 2. The molecule has 150 valence electrons. The maximum Gasteiger partial charge on any atom is 0.341 e. The van der Waals surface area contributed by atoms with Crippen molar-refractivity contribution in [1.29, 1.82) is 0 Å². The van der Waals surface area contributed by atoms with E-state index in [2.05, 4.69) is 0 Å². The van der Waals surface area contributed by atoms with E-state index in [4.69, 9.17) is 16.7 Å². The first-order chi connectivity index (χ1) is 13.1. The van der Waals surface area contributed by atoms with Crippen LogP contribution in [0.3, 0.4) is 0 Å². The maximum atomic E-state index is 14.3. The van der Waals surface area contributed by atoms with Gasteiger partial charge in [-0.15, -0.1) is 0 Å². The lowest BCUT2D eigenvalue weighted by atomic mass is 9.95. The molecule has 0 atom stereocenters. The fraction of sp³-hybridized carbons (Fsp3) is 0.333. The molecule has 2 aromatic rings. The van der Waals surface area contributed by atoms with E-state index in [0.29, 0.717) is 5.56 Å². The van der Waals surface area contributed by atoms with Crippen molar-refractivity contribution < 1.29 is 22.7 Å². The number of hydrogen-bond donors (Lipinski definition) is 1. The van der Waals surface area contributed by atoms with Crippen LogP contribution in [0, 0.1) is 0 Å². The summed E-state index contributed by atoms with van der Waals surface area (Å²) in [7, 11) is -2.70. The Labute approximate surface area is 166 Å². The van der Waals surface area contributed by atoms with Crippen LogP contribution >= 0.6 is 11.6 Å². The molecule has 0 unspecified atom stereocenters. The summed E-state index contributed by atoms with van der Waals surface area (Å²) in [6.07, 6.45) is 0.300. The van der Waals surface area contributed by atoms with Gasteiger partial charge in [-0.05, 0) is 6.07 Å². The zero-order chi connectivity index (χ0) is 20.7. The highest BCUT2D eigenvalue weighted by atomic mass is 35.5. The highest BCUT2D eigenvalue weighted by Crippen LogP contribution is 2.35. The lowest BCUT2D eigenvalue weighted by molar-refractivity contribution is -0.153. The molecule has 1 aromatic carbocycles. The third kappa shape index (κ3) is 3.57. The summed E-state index contributed by atoms with van der Waals surface area (Å²) in [6, 6.07) is 7.72. The molecule has 2 heterocycles.